The van der Waals surface area contributed by atoms with E-state index in [1.807, 2.05) is 0 Å². The fraction of sp³-hybridized carbons (Fsp3) is 0.222. The van der Waals surface area contributed by atoms with Gasteiger partial charge < -0.3 is 13.9 Å². The van der Waals surface area contributed by atoms with E-state index < -0.39 is 43.2 Å². The highest BCUT2D eigenvalue weighted by molar-refractivity contribution is 7.88. The van der Waals surface area contributed by atoms with Crippen molar-refractivity contribution in [2.45, 2.75) is 29.2 Å². The third kappa shape index (κ3) is 6.06. The normalized spacial score (nSPS) is 14.1. The van der Waals surface area contributed by atoms with Crippen molar-refractivity contribution in [2.24, 2.45) is 0 Å². The van der Waals surface area contributed by atoms with E-state index in [-0.39, 0.29) is 33.4 Å². The molecule has 4 aromatic rings. The molecule has 0 bridgehead atoms. The number of benzene rings is 3. The van der Waals surface area contributed by atoms with Crippen LogP contribution < -0.4 is 14.6 Å². The van der Waals surface area contributed by atoms with Crippen molar-refractivity contribution in [2.75, 3.05) is 19.2 Å². The number of alkyl halides is 3. The van der Waals surface area contributed by atoms with E-state index in [0.29, 0.717) is 51.6 Å². The number of carbonyl (C=O) groups is 1. The van der Waals surface area contributed by atoms with Crippen LogP contribution in [0.25, 0.3) is 22.3 Å². The van der Waals surface area contributed by atoms with Gasteiger partial charge in [0.05, 0.1) is 11.3 Å². The maximum absolute atomic E-state index is 14.5. The van der Waals surface area contributed by atoms with Crippen LogP contribution in [-0.2, 0) is 24.5 Å². The number of hydrogen-bond acceptors (Lipinski definition) is 9. The second kappa shape index (κ2) is 11.3. The van der Waals surface area contributed by atoms with E-state index in [1.54, 1.807) is 30.3 Å². The van der Waals surface area contributed by atoms with E-state index in [9.17, 15) is 39.2 Å². The van der Waals surface area contributed by atoms with Gasteiger partial charge in [0.2, 0.25) is 0 Å². The summed E-state index contributed by atoms with van der Waals surface area (Å²) in [6.45, 7) is 0. The van der Waals surface area contributed by atoms with Crippen molar-refractivity contribution in [3.8, 4) is 17.1 Å². The minimum Gasteiger partial charge on any atom is -0.455 e. The highest BCUT2D eigenvalue weighted by Crippen LogP contribution is 2.46. The number of hydrogen-bond donors (Lipinski definition) is 1. The smallest absolute Gasteiger partial charge is 0.455 e. The lowest BCUT2D eigenvalue weighted by Gasteiger charge is -2.20. The van der Waals surface area contributed by atoms with Gasteiger partial charge in [-0.05, 0) is 66.8 Å². The number of carbonyl (C=O) groups excluding carboxylic acids is 1. The van der Waals surface area contributed by atoms with Crippen LogP contribution in [0.2, 0.25) is 5.02 Å². The van der Waals surface area contributed by atoms with Crippen molar-refractivity contribution >= 4 is 54.4 Å². The number of amides is 1. The Hall–Kier alpha value is -3.86. The van der Waals surface area contributed by atoms with Crippen LogP contribution in [0.5, 0.6) is 5.75 Å². The number of nitrogens with zero attached hydrogens (tertiary/aromatic N) is 1. The third-order valence-corrected chi connectivity index (χ3v) is 9.17. The minimum absolute atomic E-state index is 0.0567. The molecule has 1 aliphatic rings. The second-order valence-corrected chi connectivity index (χ2v) is 13.1. The molecule has 17 heteroatoms. The number of furan rings is 1. The van der Waals surface area contributed by atoms with E-state index in [4.69, 9.17) is 20.3 Å². The fourth-order valence-corrected chi connectivity index (χ4v) is 6.19. The van der Waals surface area contributed by atoms with E-state index in [2.05, 4.69) is 9.50 Å². The number of anilines is 1. The standard InChI is InChI=1S/C27H21ClF4N2O8S2/c1-33-26(35)24-19-12-18(14-3-4-14)23(13-22(19)40-25(24)15-5-7-16(28)8-6-15)43(36,37)42-34(2)17-9-10-21(20(29)11-17)41-44(38,39)27(30,31)32/h5-14H,3-4H2,1-2H3,(H,33,35). The minimum atomic E-state index is -6.15. The molecule has 5 rings (SSSR count). The fourth-order valence-electron chi connectivity index (χ4n) is 4.37. The molecule has 3 aromatic carbocycles. The lowest BCUT2D eigenvalue weighted by Crippen LogP contribution is -2.28. The third-order valence-electron chi connectivity index (χ3n) is 6.64. The molecule has 44 heavy (non-hydrogen) atoms. The Labute approximate surface area is 253 Å². The second-order valence-electron chi connectivity index (χ2n) is 9.68. The first-order chi connectivity index (χ1) is 20.5. The Kier molecular flexibility index (Phi) is 8.07. The van der Waals surface area contributed by atoms with E-state index in [0.717, 1.165) is 13.1 Å². The molecule has 1 fully saturated rings. The highest BCUT2D eigenvalue weighted by Gasteiger charge is 2.49. The van der Waals surface area contributed by atoms with Crippen LogP contribution in [-0.4, -0.2) is 42.3 Å². The summed E-state index contributed by atoms with van der Waals surface area (Å²) in [4.78, 5) is 12.7. The van der Waals surface area contributed by atoms with Crippen molar-refractivity contribution in [3.63, 3.8) is 0 Å². The summed E-state index contributed by atoms with van der Waals surface area (Å²) in [5.41, 5.74) is -5.00. The van der Waals surface area contributed by atoms with Crippen LogP contribution >= 0.6 is 11.6 Å². The van der Waals surface area contributed by atoms with Gasteiger partial charge in [-0.3, -0.25) is 4.79 Å². The van der Waals surface area contributed by atoms with Gasteiger partial charge in [0.1, 0.15) is 16.2 Å². The molecule has 1 aromatic heterocycles. The molecule has 234 valence electrons. The summed E-state index contributed by atoms with van der Waals surface area (Å²) in [6, 6.07) is 11.2. The molecule has 0 spiro atoms. The molecular formula is C27H21ClF4N2O8S2. The first kappa shape index (κ1) is 31.6. The SMILES string of the molecule is CNC(=O)c1c(-c2ccc(Cl)cc2)oc2cc(S(=O)(=O)ON(C)c3ccc(OS(=O)(=O)C(F)(F)F)c(F)c3)c(C3CC3)cc12. The lowest BCUT2D eigenvalue weighted by atomic mass is 10.0. The predicted octanol–water partition coefficient (Wildman–Crippen LogP) is 6.11. The zero-order chi connectivity index (χ0) is 32.2. The van der Waals surface area contributed by atoms with Crippen molar-refractivity contribution < 1.29 is 52.1 Å². The van der Waals surface area contributed by atoms with Gasteiger partial charge in [-0.15, -0.1) is 4.28 Å². The van der Waals surface area contributed by atoms with Gasteiger partial charge in [0, 0.05) is 42.2 Å². The highest BCUT2D eigenvalue weighted by atomic mass is 35.5. The van der Waals surface area contributed by atoms with Crippen molar-refractivity contribution in [3.05, 3.63) is 76.6 Å². The summed E-state index contributed by atoms with van der Waals surface area (Å²) >= 11 is 6.00. The molecule has 1 N–H and O–H groups in total. The molecule has 0 saturated heterocycles. The first-order valence-corrected chi connectivity index (χ1v) is 15.8. The molecule has 0 unspecified atom stereocenters. The largest absolute Gasteiger partial charge is 0.534 e. The first-order valence-electron chi connectivity index (χ1n) is 12.6. The lowest BCUT2D eigenvalue weighted by molar-refractivity contribution is -0.0501. The molecular weight excluding hydrogens is 656 g/mol. The summed E-state index contributed by atoms with van der Waals surface area (Å²) < 4.78 is 117. The summed E-state index contributed by atoms with van der Waals surface area (Å²) in [5, 5.41) is 3.99. The average molecular weight is 677 g/mol. The molecule has 0 radical (unpaired) electrons. The Morgan fingerprint density at radius 1 is 1.05 bits per heavy atom. The van der Waals surface area contributed by atoms with Gasteiger partial charge in [-0.1, -0.05) is 11.6 Å². The van der Waals surface area contributed by atoms with Gasteiger partial charge in [-0.2, -0.15) is 30.0 Å². The van der Waals surface area contributed by atoms with Gasteiger partial charge >= 0.3 is 25.7 Å². The van der Waals surface area contributed by atoms with Crippen LogP contribution in [0, 0.1) is 5.82 Å². The topological polar surface area (TPSA) is 132 Å². The van der Waals surface area contributed by atoms with Crippen LogP contribution in [0.1, 0.15) is 34.7 Å². The van der Waals surface area contributed by atoms with Crippen LogP contribution in [0.15, 0.2) is 63.9 Å². The van der Waals surface area contributed by atoms with Gasteiger partial charge in [0.25, 0.3) is 5.91 Å². The summed E-state index contributed by atoms with van der Waals surface area (Å²) in [7, 11) is -8.28. The predicted molar refractivity (Wildman–Crippen MR) is 151 cm³/mol. The number of nitrogens with one attached hydrogen (secondary N) is 1. The molecule has 0 atom stereocenters. The molecule has 1 saturated carbocycles. The Morgan fingerprint density at radius 3 is 2.27 bits per heavy atom. The Bertz CT molecular complexity index is 1990. The molecule has 1 heterocycles. The molecule has 1 amide bonds. The summed E-state index contributed by atoms with van der Waals surface area (Å²) in [5.74, 6) is -3.26. The quantitative estimate of drug-likeness (QED) is 0.0965. The maximum atomic E-state index is 14.5. The maximum Gasteiger partial charge on any atom is 0.534 e. The van der Waals surface area contributed by atoms with Crippen molar-refractivity contribution in [1.29, 1.82) is 0 Å². The molecule has 0 aliphatic heterocycles. The van der Waals surface area contributed by atoms with Crippen LogP contribution in [0.4, 0.5) is 23.2 Å². The number of hydroxylamine groups is 1. The van der Waals surface area contributed by atoms with E-state index in [1.165, 1.54) is 13.1 Å². The average Bonchev–Trinajstić information content (AvgIpc) is 3.72. The Balaban J connectivity index is 1.52. The monoisotopic (exact) mass is 676 g/mol. The zero-order valence-electron chi connectivity index (χ0n) is 22.6. The zero-order valence-corrected chi connectivity index (χ0v) is 25.0. The molecule has 10 nitrogen and oxygen atoms in total. The number of fused-ring (bicyclic) bond motifs is 1. The number of rotatable bonds is 9. The van der Waals surface area contributed by atoms with E-state index >= 15 is 0 Å². The summed E-state index contributed by atoms with van der Waals surface area (Å²) in [6.07, 6.45) is 1.32. The van der Waals surface area contributed by atoms with Crippen LogP contribution in [0.3, 0.4) is 0 Å². The number of halogens is 5. The van der Waals surface area contributed by atoms with Crippen molar-refractivity contribution in [1.82, 2.24) is 5.32 Å². The molecule has 1 aliphatic carbocycles. The van der Waals surface area contributed by atoms with Gasteiger partial charge in [-0.25, -0.2) is 9.45 Å². The van der Waals surface area contributed by atoms with Gasteiger partial charge in [0.15, 0.2) is 11.6 Å². The Morgan fingerprint density at radius 2 is 1.70 bits per heavy atom.